The minimum atomic E-state index is -0.887. The topological polar surface area (TPSA) is 66.5 Å². The van der Waals surface area contributed by atoms with Gasteiger partial charge in [0.25, 0.3) is 0 Å². The van der Waals surface area contributed by atoms with Gasteiger partial charge in [-0.3, -0.25) is 0 Å². The summed E-state index contributed by atoms with van der Waals surface area (Å²) in [5, 5.41) is 22.0. The van der Waals surface area contributed by atoms with Crippen LogP contribution in [0.25, 0.3) is 0 Å². The van der Waals surface area contributed by atoms with Crippen molar-refractivity contribution in [1.82, 2.24) is 0 Å². The summed E-state index contributed by atoms with van der Waals surface area (Å²) in [5.74, 6) is 4.50. The predicted molar refractivity (Wildman–Crippen MR) is 124 cm³/mol. The van der Waals surface area contributed by atoms with Crippen LogP contribution in [0.5, 0.6) is 0 Å². The van der Waals surface area contributed by atoms with Crippen LogP contribution >= 0.6 is 0 Å². The van der Waals surface area contributed by atoms with Gasteiger partial charge in [0.15, 0.2) is 0 Å². The zero-order valence-corrected chi connectivity index (χ0v) is 20.4. The lowest BCUT2D eigenvalue weighted by Gasteiger charge is -2.66. The van der Waals surface area contributed by atoms with Crippen molar-refractivity contribution in [1.29, 1.82) is 0 Å². The Balaban J connectivity index is 1.53. The summed E-state index contributed by atoms with van der Waals surface area (Å²) in [5.41, 5.74) is 6.17. The standard InChI is InChI=1S/C27H49NO2/c1-17(2)7-6-8-18(3)21-9-10-22-20-15-24(28)27(30)16-19(29)11-14-26(27,5)23(20)12-13-25(21,22)4/h17-24,29-30H,6-16,28H2,1-5H3/t18-,19+,20+,21-,22+,23+,24-,25-,26-,27+/m1/s1. The molecule has 0 spiro atoms. The number of nitrogens with two attached hydrogens (primary N) is 1. The maximum atomic E-state index is 11.7. The van der Waals surface area contributed by atoms with Gasteiger partial charge in [0.2, 0.25) is 0 Å². The molecule has 4 fully saturated rings. The molecule has 10 atom stereocenters. The fourth-order valence-corrected chi connectivity index (χ4v) is 9.38. The van der Waals surface area contributed by atoms with E-state index in [0.717, 1.165) is 42.9 Å². The molecule has 3 nitrogen and oxygen atoms in total. The lowest BCUT2D eigenvalue weighted by atomic mass is 9.42. The van der Waals surface area contributed by atoms with Gasteiger partial charge in [-0.2, -0.15) is 0 Å². The first kappa shape index (κ1) is 23.1. The normalized spacial score (nSPS) is 51.9. The molecule has 0 bridgehead atoms. The van der Waals surface area contributed by atoms with Crippen LogP contribution in [0.3, 0.4) is 0 Å². The molecule has 0 aromatic rings. The Bertz CT molecular complexity index is 622. The van der Waals surface area contributed by atoms with Gasteiger partial charge in [0.05, 0.1) is 11.7 Å². The van der Waals surface area contributed by atoms with Crippen LogP contribution in [-0.2, 0) is 0 Å². The Morgan fingerprint density at radius 3 is 2.40 bits per heavy atom. The van der Waals surface area contributed by atoms with E-state index < -0.39 is 5.60 Å². The maximum Gasteiger partial charge on any atom is 0.0878 e. The molecule has 4 aliphatic rings. The summed E-state index contributed by atoms with van der Waals surface area (Å²) in [6.45, 7) is 12.2. The van der Waals surface area contributed by atoms with Gasteiger partial charge in [0.1, 0.15) is 0 Å². The van der Waals surface area contributed by atoms with Crippen LogP contribution in [0, 0.1) is 46.3 Å². The second kappa shape index (κ2) is 8.03. The van der Waals surface area contributed by atoms with Crippen LogP contribution in [-0.4, -0.2) is 28.0 Å². The first-order valence-corrected chi connectivity index (χ1v) is 13.2. The van der Waals surface area contributed by atoms with Gasteiger partial charge in [-0.05, 0) is 85.9 Å². The molecule has 3 heteroatoms. The van der Waals surface area contributed by atoms with Crippen LogP contribution in [0.15, 0.2) is 0 Å². The molecule has 0 heterocycles. The minimum Gasteiger partial charge on any atom is -0.393 e. The number of aliphatic hydroxyl groups is 2. The van der Waals surface area contributed by atoms with Gasteiger partial charge >= 0.3 is 0 Å². The molecule has 0 aromatic heterocycles. The molecule has 4 N–H and O–H groups in total. The molecule has 0 aromatic carbocycles. The van der Waals surface area contributed by atoms with Crippen molar-refractivity contribution in [3.8, 4) is 0 Å². The van der Waals surface area contributed by atoms with E-state index in [2.05, 4.69) is 34.6 Å². The molecule has 0 unspecified atom stereocenters. The van der Waals surface area contributed by atoms with E-state index in [1.54, 1.807) is 0 Å². The SMILES string of the molecule is CC(C)CCC[C@@H](C)[C@H]1CC[C@H]2[C@@H]3C[C@@H](N)[C@@]4(O)C[C@@H](O)CC[C@]4(C)[C@H]3CC[C@]12C. The van der Waals surface area contributed by atoms with Crippen molar-refractivity contribution < 1.29 is 10.2 Å². The Hall–Kier alpha value is -0.120. The molecular formula is C27H49NO2. The van der Waals surface area contributed by atoms with E-state index in [0.29, 0.717) is 23.7 Å². The van der Waals surface area contributed by atoms with Crippen LogP contribution < -0.4 is 5.73 Å². The Labute approximate surface area is 185 Å². The van der Waals surface area contributed by atoms with Crippen molar-refractivity contribution in [2.75, 3.05) is 0 Å². The third-order valence-corrected chi connectivity index (χ3v) is 11.1. The summed E-state index contributed by atoms with van der Waals surface area (Å²) in [6.07, 6.45) is 12.2. The number of hydrogen-bond acceptors (Lipinski definition) is 3. The van der Waals surface area contributed by atoms with E-state index in [9.17, 15) is 10.2 Å². The average molecular weight is 420 g/mol. The second-order valence-corrected chi connectivity index (χ2v) is 13.0. The fraction of sp³-hybridized carbons (Fsp3) is 1.00. The van der Waals surface area contributed by atoms with E-state index in [1.165, 1.54) is 44.9 Å². The van der Waals surface area contributed by atoms with Crippen molar-refractivity contribution in [3.63, 3.8) is 0 Å². The third kappa shape index (κ3) is 3.41. The van der Waals surface area contributed by atoms with Gasteiger partial charge in [-0.25, -0.2) is 0 Å². The summed E-state index contributed by atoms with van der Waals surface area (Å²) in [7, 11) is 0. The summed E-state index contributed by atoms with van der Waals surface area (Å²) < 4.78 is 0. The molecule has 174 valence electrons. The molecule has 30 heavy (non-hydrogen) atoms. The Morgan fingerprint density at radius 2 is 1.70 bits per heavy atom. The highest BCUT2D eigenvalue weighted by molar-refractivity contribution is 5.18. The minimum absolute atomic E-state index is 0.128. The van der Waals surface area contributed by atoms with Crippen LogP contribution in [0.2, 0.25) is 0 Å². The highest BCUT2D eigenvalue weighted by atomic mass is 16.3. The average Bonchev–Trinajstić information content (AvgIpc) is 3.01. The molecule has 4 saturated carbocycles. The third-order valence-electron chi connectivity index (χ3n) is 11.1. The Morgan fingerprint density at radius 1 is 0.967 bits per heavy atom. The monoisotopic (exact) mass is 419 g/mol. The summed E-state index contributed by atoms with van der Waals surface area (Å²) in [4.78, 5) is 0. The lowest BCUT2D eigenvalue weighted by Crippen LogP contribution is -2.70. The van der Waals surface area contributed by atoms with Gasteiger partial charge < -0.3 is 15.9 Å². The second-order valence-electron chi connectivity index (χ2n) is 13.0. The van der Waals surface area contributed by atoms with Gasteiger partial charge in [-0.15, -0.1) is 0 Å². The lowest BCUT2D eigenvalue weighted by molar-refractivity contribution is -0.228. The van der Waals surface area contributed by atoms with E-state index in [4.69, 9.17) is 5.73 Å². The van der Waals surface area contributed by atoms with Crippen molar-refractivity contribution in [3.05, 3.63) is 0 Å². The van der Waals surface area contributed by atoms with E-state index >= 15 is 0 Å². The highest BCUT2D eigenvalue weighted by Gasteiger charge is 2.66. The largest absolute Gasteiger partial charge is 0.393 e. The van der Waals surface area contributed by atoms with E-state index in [1.807, 2.05) is 0 Å². The Kier molecular flexibility index (Phi) is 6.17. The zero-order valence-electron chi connectivity index (χ0n) is 20.4. The molecule has 0 radical (unpaired) electrons. The van der Waals surface area contributed by atoms with Gasteiger partial charge in [-0.1, -0.05) is 53.9 Å². The number of hydrogen-bond donors (Lipinski definition) is 3. The van der Waals surface area contributed by atoms with E-state index in [-0.39, 0.29) is 17.6 Å². The quantitative estimate of drug-likeness (QED) is 0.549. The maximum absolute atomic E-state index is 11.7. The number of rotatable bonds is 5. The predicted octanol–water partition coefficient (Wildman–Crippen LogP) is 5.52. The molecule has 0 aliphatic heterocycles. The molecule has 4 aliphatic carbocycles. The van der Waals surface area contributed by atoms with Gasteiger partial charge in [0, 0.05) is 17.9 Å². The molecule has 0 amide bonds. The smallest absolute Gasteiger partial charge is 0.0878 e. The number of fused-ring (bicyclic) bond motifs is 5. The molecule has 0 saturated heterocycles. The summed E-state index contributed by atoms with van der Waals surface area (Å²) in [6, 6.07) is -0.191. The summed E-state index contributed by atoms with van der Waals surface area (Å²) >= 11 is 0. The van der Waals surface area contributed by atoms with Crippen molar-refractivity contribution >= 4 is 0 Å². The first-order chi connectivity index (χ1) is 14.0. The first-order valence-electron chi connectivity index (χ1n) is 13.2. The highest BCUT2D eigenvalue weighted by Crippen LogP contribution is 2.69. The number of aliphatic hydroxyl groups excluding tert-OH is 1. The van der Waals surface area contributed by atoms with Crippen molar-refractivity contribution in [2.45, 2.75) is 123 Å². The fourth-order valence-electron chi connectivity index (χ4n) is 9.38. The zero-order chi connectivity index (χ0) is 21.9. The van der Waals surface area contributed by atoms with Crippen LogP contribution in [0.4, 0.5) is 0 Å². The van der Waals surface area contributed by atoms with Crippen molar-refractivity contribution in [2.24, 2.45) is 52.1 Å². The molecular weight excluding hydrogens is 370 g/mol. The van der Waals surface area contributed by atoms with Crippen LogP contribution in [0.1, 0.15) is 105 Å². The molecule has 4 rings (SSSR count).